The van der Waals surface area contributed by atoms with Crippen LogP contribution in [0.5, 0.6) is 0 Å². The van der Waals surface area contributed by atoms with Gasteiger partial charge in [0.05, 0.1) is 13.1 Å². The van der Waals surface area contributed by atoms with E-state index in [1.807, 2.05) is 72.8 Å². The van der Waals surface area contributed by atoms with Gasteiger partial charge in [-0.2, -0.15) is 0 Å². The monoisotopic (exact) mass is 488 g/mol. The number of aryl methyl sites for hydroxylation is 1. The van der Waals surface area contributed by atoms with Crippen LogP contribution in [-0.4, -0.2) is 15.5 Å². The first-order valence-corrected chi connectivity index (χ1v) is 11.6. The molecule has 0 aliphatic rings. The van der Waals surface area contributed by atoms with Gasteiger partial charge in [0.2, 0.25) is 5.91 Å². The highest BCUT2D eigenvalue weighted by Gasteiger charge is 2.24. The number of nitrogens with two attached hydrogens (primary N) is 1. The Hall–Kier alpha value is -4.10. The number of carbonyl (C=O) groups excluding carboxylic acids is 1. The zero-order chi connectivity index (χ0) is 24.8. The number of nitrogens with zero attached hydrogens (tertiary/aromatic N) is 2. The number of nitrogens with one attached hydrogen (secondary N) is 1. The van der Waals surface area contributed by atoms with Crippen molar-refractivity contribution in [2.24, 2.45) is 0 Å². The van der Waals surface area contributed by atoms with Gasteiger partial charge in [0.1, 0.15) is 5.82 Å². The number of H-pyrrole nitrogens is 1. The number of benzene rings is 3. The van der Waals surface area contributed by atoms with Crippen molar-refractivity contribution in [3.05, 3.63) is 127 Å². The molecule has 0 unspecified atom stereocenters. The van der Waals surface area contributed by atoms with E-state index in [-0.39, 0.29) is 36.9 Å². The molecule has 1 aromatic heterocycles. The van der Waals surface area contributed by atoms with Gasteiger partial charge in [-0.3, -0.25) is 19.1 Å². The predicted octanol–water partition coefficient (Wildman–Crippen LogP) is 3.99. The molecule has 178 valence electrons. The van der Waals surface area contributed by atoms with E-state index in [1.165, 1.54) is 9.47 Å². The minimum atomic E-state index is -0.701. The van der Waals surface area contributed by atoms with Gasteiger partial charge in [0.15, 0.2) is 5.69 Å². The number of aromatic amines is 1. The lowest BCUT2D eigenvalue weighted by molar-refractivity contribution is -0.118. The topological polar surface area (TPSA) is 101 Å². The van der Waals surface area contributed by atoms with E-state index < -0.39 is 11.2 Å². The number of halogens is 1. The van der Waals surface area contributed by atoms with Crippen LogP contribution in [0.4, 0.5) is 11.5 Å². The van der Waals surface area contributed by atoms with Crippen molar-refractivity contribution < 1.29 is 4.79 Å². The second-order valence-electron chi connectivity index (χ2n) is 8.16. The van der Waals surface area contributed by atoms with Gasteiger partial charge in [0.25, 0.3) is 5.56 Å². The summed E-state index contributed by atoms with van der Waals surface area (Å²) in [7, 11) is 0. The third-order valence-electron chi connectivity index (χ3n) is 5.69. The summed E-state index contributed by atoms with van der Waals surface area (Å²) in [5, 5.41) is 0.616. The lowest BCUT2D eigenvalue weighted by Gasteiger charge is -2.25. The average Bonchev–Trinajstić information content (AvgIpc) is 2.86. The standard InChI is InChI=1S/C27H25ClN4O3/c28-22-14-11-19(12-15-22)13-16-23(33)31(17-20-7-3-1-4-8-20)24-25(29)32(27(35)30-26(24)34)18-21-9-5-2-6-10-21/h1-12,14-15H,13,16-18,29H2,(H,30,34,35). The van der Waals surface area contributed by atoms with Crippen LogP contribution in [0, 0.1) is 0 Å². The summed E-state index contributed by atoms with van der Waals surface area (Å²) in [6.45, 7) is 0.296. The average molecular weight is 489 g/mol. The number of amides is 1. The molecule has 0 aliphatic heterocycles. The van der Waals surface area contributed by atoms with Gasteiger partial charge < -0.3 is 10.6 Å². The second-order valence-corrected chi connectivity index (χ2v) is 8.59. The lowest BCUT2D eigenvalue weighted by Crippen LogP contribution is -2.41. The SMILES string of the molecule is Nc1c(N(Cc2ccccc2)C(=O)CCc2ccc(Cl)cc2)c(=O)[nH]c(=O)n1Cc1ccccc1. The fourth-order valence-electron chi connectivity index (χ4n) is 3.86. The maximum absolute atomic E-state index is 13.5. The molecule has 1 amide bonds. The number of anilines is 2. The summed E-state index contributed by atoms with van der Waals surface area (Å²) >= 11 is 5.96. The molecule has 3 aromatic carbocycles. The number of rotatable bonds is 8. The normalized spacial score (nSPS) is 10.8. The van der Waals surface area contributed by atoms with Crippen LogP contribution in [0.1, 0.15) is 23.1 Å². The van der Waals surface area contributed by atoms with Crippen LogP contribution < -0.4 is 21.9 Å². The molecule has 0 aliphatic carbocycles. The largest absolute Gasteiger partial charge is 0.383 e. The summed E-state index contributed by atoms with van der Waals surface area (Å²) in [6, 6.07) is 25.9. The summed E-state index contributed by atoms with van der Waals surface area (Å²) in [5.41, 5.74) is 7.62. The molecule has 8 heteroatoms. The third-order valence-corrected chi connectivity index (χ3v) is 5.94. The maximum atomic E-state index is 13.5. The Morgan fingerprint density at radius 3 is 2.09 bits per heavy atom. The first kappa shape index (κ1) is 24.0. The molecule has 0 spiro atoms. The van der Waals surface area contributed by atoms with Crippen molar-refractivity contribution in [2.75, 3.05) is 10.6 Å². The molecule has 4 rings (SSSR count). The summed E-state index contributed by atoms with van der Waals surface area (Å²) in [5.74, 6) is -0.343. The molecule has 1 heterocycles. The molecule has 0 atom stereocenters. The Bertz CT molecular complexity index is 1420. The van der Waals surface area contributed by atoms with Crippen molar-refractivity contribution in [2.45, 2.75) is 25.9 Å². The second kappa shape index (κ2) is 10.9. The Kier molecular flexibility index (Phi) is 7.48. The highest BCUT2D eigenvalue weighted by molar-refractivity contribution is 6.30. The Labute approximate surface area is 207 Å². The van der Waals surface area contributed by atoms with E-state index in [4.69, 9.17) is 17.3 Å². The van der Waals surface area contributed by atoms with Crippen LogP contribution in [0.25, 0.3) is 0 Å². The number of aromatic nitrogens is 2. The van der Waals surface area contributed by atoms with Crippen LogP contribution in [0.15, 0.2) is 94.5 Å². The molecule has 0 saturated heterocycles. The minimum Gasteiger partial charge on any atom is -0.383 e. The number of carbonyl (C=O) groups is 1. The Balaban J connectivity index is 1.71. The van der Waals surface area contributed by atoms with Crippen molar-refractivity contribution >= 4 is 29.0 Å². The smallest absolute Gasteiger partial charge is 0.330 e. The summed E-state index contributed by atoms with van der Waals surface area (Å²) < 4.78 is 1.27. The molecule has 35 heavy (non-hydrogen) atoms. The highest BCUT2D eigenvalue weighted by Crippen LogP contribution is 2.22. The quantitative estimate of drug-likeness (QED) is 0.391. The van der Waals surface area contributed by atoms with Gasteiger partial charge >= 0.3 is 5.69 Å². The predicted molar refractivity (Wildman–Crippen MR) is 139 cm³/mol. The van der Waals surface area contributed by atoms with Crippen molar-refractivity contribution in [1.29, 1.82) is 0 Å². The van der Waals surface area contributed by atoms with Gasteiger partial charge in [-0.05, 0) is 35.2 Å². The van der Waals surface area contributed by atoms with E-state index in [9.17, 15) is 14.4 Å². The highest BCUT2D eigenvalue weighted by atomic mass is 35.5. The number of hydrogen-bond acceptors (Lipinski definition) is 4. The molecule has 0 radical (unpaired) electrons. The van der Waals surface area contributed by atoms with E-state index in [1.54, 1.807) is 12.1 Å². The van der Waals surface area contributed by atoms with Crippen LogP contribution in [0.3, 0.4) is 0 Å². The summed E-state index contributed by atoms with van der Waals surface area (Å²) in [6.07, 6.45) is 0.605. The first-order valence-electron chi connectivity index (χ1n) is 11.2. The molecule has 0 bridgehead atoms. The fraction of sp³-hybridized carbons (Fsp3) is 0.148. The zero-order valence-corrected chi connectivity index (χ0v) is 19.7. The Morgan fingerprint density at radius 2 is 1.46 bits per heavy atom. The van der Waals surface area contributed by atoms with Crippen LogP contribution in [-0.2, 0) is 24.3 Å². The van der Waals surface area contributed by atoms with E-state index >= 15 is 0 Å². The Morgan fingerprint density at radius 1 is 0.857 bits per heavy atom. The van der Waals surface area contributed by atoms with E-state index in [0.29, 0.717) is 11.4 Å². The van der Waals surface area contributed by atoms with E-state index in [2.05, 4.69) is 4.98 Å². The molecule has 7 nitrogen and oxygen atoms in total. The first-order chi connectivity index (χ1) is 16.9. The fourth-order valence-corrected chi connectivity index (χ4v) is 3.98. The molecule has 0 fully saturated rings. The van der Waals surface area contributed by atoms with Crippen molar-refractivity contribution in [3.63, 3.8) is 0 Å². The third kappa shape index (κ3) is 5.88. The molecular weight excluding hydrogens is 464 g/mol. The number of hydrogen-bond donors (Lipinski definition) is 2. The van der Waals surface area contributed by atoms with Gasteiger partial charge in [-0.25, -0.2) is 4.79 Å². The molecule has 4 aromatic rings. The number of nitrogen functional groups attached to an aromatic ring is 1. The molecule has 0 saturated carbocycles. The van der Waals surface area contributed by atoms with Gasteiger partial charge in [-0.15, -0.1) is 0 Å². The lowest BCUT2D eigenvalue weighted by atomic mass is 10.1. The van der Waals surface area contributed by atoms with Gasteiger partial charge in [0, 0.05) is 11.4 Å². The van der Waals surface area contributed by atoms with Crippen molar-refractivity contribution in [3.8, 4) is 0 Å². The zero-order valence-electron chi connectivity index (χ0n) is 19.0. The van der Waals surface area contributed by atoms with Crippen molar-refractivity contribution in [1.82, 2.24) is 9.55 Å². The summed E-state index contributed by atoms with van der Waals surface area (Å²) in [4.78, 5) is 42.7. The van der Waals surface area contributed by atoms with E-state index in [0.717, 1.165) is 16.7 Å². The van der Waals surface area contributed by atoms with Gasteiger partial charge in [-0.1, -0.05) is 84.4 Å². The van der Waals surface area contributed by atoms with Crippen LogP contribution >= 0.6 is 11.6 Å². The van der Waals surface area contributed by atoms with Crippen LogP contribution in [0.2, 0.25) is 5.02 Å². The molecular formula is C27H25ClN4O3. The molecule has 3 N–H and O–H groups in total. The maximum Gasteiger partial charge on any atom is 0.330 e. The minimum absolute atomic E-state index is 0.0366.